The van der Waals surface area contributed by atoms with Gasteiger partial charge in [-0.2, -0.15) is 0 Å². The standard InChI is InChI=1S/C22H26F2N2O2/c23-16-3-4-19(24)18(7-16)22-20(25)8-17(11-28-22)26-9-14-5-13(6-15(14)10-26)21(27)12-1-2-12/h3-4,7,12-13,17,20,22H,1-2,5-6,8-11,25H2/t17-,20+,22-/m1/s1. The van der Waals surface area contributed by atoms with Crippen molar-refractivity contribution in [3.63, 3.8) is 0 Å². The van der Waals surface area contributed by atoms with Gasteiger partial charge in [-0.25, -0.2) is 8.78 Å². The SMILES string of the molecule is N[C@H]1C[C@@H](N2CC3=C(CC(C(=O)C4CC4)C3)C2)CO[C@@H]1c1cc(F)ccc1F. The van der Waals surface area contributed by atoms with E-state index in [1.165, 1.54) is 17.2 Å². The van der Waals surface area contributed by atoms with Gasteiger partial charge in [-0.15, -0.1) is 0 Å². The number of carbonyl (C=O) groups is 1. The molecule has 4 aliphatic rings. The second-order valence-electron chi connectivity index (χ2n) is 8.87. The predicted molar refractivity (Wildman–Crippen MR) is 100 cm³/mol. The van der Waals surface area contributed by atoms with Gasteiger partial charge in [0.15, 0.2) is 0 Å². The zero-order valence-electron chi connectivity index (χ0n) is 15.9. The number of halogens is 2. The maximum absolute atomic E-state index is 14.1. The van der Waals surface area contributed by atoms with Crippen LogP contribution in [0.1, 0.15) is 43.8 Å². The number of nitrogens with two attached hydrogens (primary N) is 1. The molecule has 1 aromatic carbocycles. The lowest BCUT2D eigenvalue weighted by Gasteiger charge is -2.39. The van der Waals surface area contributed by atoms with E-state index in [0.29, 0.717) is 24.7 Å². The number of carbonyl (C=O) groups excluding carboxylic acids is 1. The highest BCUT2D eigenvalue weighted by Gasteiger charge is 2.42. The van der Waals surface area contributed by atoms with Crippen LogP contribution in [-0.4, -0.2) is 42.5 Å². The van der Waals surface area contributed by atoms with Gasteiger partial charge in [0.05, 0.1) is 6.61 Å². The van der Waals surface area contributed by atoms with E-state index in [0.717, 1.165) is 50.9 Å². The average Bonchev–Trinajstić information content (AvgIpc) is 3.33. The summed E-state index contributed by atoms with van der Waals surface area (Å²) in [5.74, 6) is 0.0677. The second kappa shape index (κ2) is 7.01. The van der Waals surface area contributed by atoms with E-state index in [9.17, 15) is 13.6 Å². The summed E-state index contributed by atoms with van der Waals surface area (Å²) in [5.41, 5.74) is 9.35. The molecule has 0 bridgehead atoms. The molecule has 0 amide bonds. The molecule has 0 aromatic heterocycles. The number of ketones is 1. The number of hydrogen-bond acceptors (Lipinski definition) is 4. The molecular weight excluding hydrogens is 362 g/mol. The minimum absolute atomic E-state index is 0.172. The molecule has 2 N–H and O–H groups in total. The lowest BCUT2D eigenvalue weighted by molar-refractivity contribution is -0.123. The van der Waals surface area contributed by atoms with E-state index in [1.807, 2.05) is 0 Å². The normalized spacial score (nSPS) is 31.5. The summed E-state index contributed by atoms with van der Waals surface area (Å²) in [6.07, 6.45) is 4.06. The number of Topliss-reactive ketones (excluding diaryl/α,β-unsaturated/α-hetero) is 1. The first-order valence-electron chi connectivity index (χ1n) is 10.3. The fourth-order valence-electron chi connectivity index (χ4n) is 5.17. The number of benzene rings is 1. The molecule has 28 heavy (non-hydrogen) atoms. The summed E-state index contributed by atoms with van der Waals surface area (Å²) in [6.45, 7) is 2.21. The number of rotatable bonds is 4. The molecule has 2 fully saturated rings. The van der Waals surface area contributed by atoms with Gasteiger partial charge in [-0.05, 0) is 50.3 Å². The summed E-state index contributed by atoms with van der Waals surface area (Å²) in [7, 11) is 0. The molecule has 2 heterocycles. The first kappa shape index (κ1) is 18.4. The molecule has 0 radical (unpaired) electrons. The van der Waals surface area contributed by atoms with Crippen molar-refractivity contribution in [3.05, 3.63) is 46.5 Å². The van der Waals surface area contributed by atoms with Crippen LogP contribution in [0.3, 0.4) is 0 Å². The van der Waals surface area contributed by atoms with Crippen molar-refractivity contribution in [2.24, 2.45) is 17.6 Å². The molecule has 1 aromatic rings. The van der Waals surface area contributed by atoms with Gasteiger partial charge >= 0.3 is 0 Å². The van der Waals surface area contributed by atoms with Gasteiger partial charge in [-0.1, -0.05) is 11.1 Å². The van der Waals surface area contributed by atoms with Gasteiger partial charge in [-0.3, -0.25) is 9.69 Å². The van der Waals surface area contributed by atoms with Gasteiger partial charge in [0.1, 0.15) is 23.5 Å². The number of hydrogen-bond donors (Lipinski definition) is 1. The molecule has 5 rings (SSSR count). The molecule has 0 spiro atoms. The van der Waals surface area contributed by atoms with E-state index >= 15 is 0 Å². The molecule has 0 unspecified atom stereocenters. The highest BCUT2D eigenvalue weighted by atomic mass is 19.1. The van der Waals surface area contributed by atoms with Gasteiger partial charge in [0.2, 0.25) is 0 Å². The Kier molecular flexibility index (Phi) is 4.61. The summed E-state index contributed by atoms with van der Waals surface area (Å²) in [5, 5.41) is 0. The topological polar surface area (TPSA) is 55.6 Å². The van der Waals surface area contributed by atoms with E-state index in [2.05, 4.69) is 4.90 Å². The highest BCUT2D eigenvalue weighted by Crippen LogP contribution is 2.43. The molecule has 150 valence electrons. The van der Waals surface area contributed by atoms with Crippen LogP contribution < -0.4 is 5.73 Å². The van der Waals surface area contributed by atoms with Crippen molar-refractivity contribution in [1.29, 1.82) is 0 Å². The minimum Gasteiger partial charge on any atom is -0.370 e. The van der Waals surface area contributed by atoms with E-state index in [-0.39, 0.29) is 23.6 Å². The largest absolute Gasteiger partial charge is 0.370 e. The van der Waals surface area contributed by atoms with Crippen molar-refractivity contribution in [1.82, 2.24) is 4.90 Å². The Morgan fingerprint density at radius 3 is 2.46 bits per heavy atom. The Bertz CT molecular complexity index is 818. The lowest BCUT2D eigenvalue weighted by Crippen LogP contribution is -2.49. The molecule has 1 saturated heterocycles. The number of nitrogens with zero attached hydrogens (tertiary/aromatic N) is 1. The van der Waals surface area contributed by atoms with Gasteiger partial charge in [0.25, 0.3) is 0 Å². The summed E-state index contributed by atoms with van der Waals surface area (Å²) < 4.78 is 33.5. The maximum atomic E-state index is 14.1. The van der Waals surface area contributed by atoms with Crippen LogP contribution >= 0.6 is 0 Å². The Labute approximate surface area is 163 Å². The monoisotopic (exact) mass is 388 g/mol. The van der Waals surface area contributed by atoms with E-state index < -0.39 is 17.7 Å². The Morgan fingerprint density at radius 2 is 1.82 bits per heavy atom. The van der Waals surface area contributed by atoms with Crippen LogP contribution in [0.15, 0.2) is 29.3 Å². The molecular formula is C22H26F2N2O2. The van der Waals surface area contributed by atoms with Crippen LogP contribution in [0.25, 0.3) is 0 Å². The summed E-state index contributed by atoms with van der Waals surface area (Å²) in [4.78, 5) is 14.7. The third kappa shape index (κ3) is 3.31. The Morgan fingerprint density at radius 1 is 1.11 bits per heavy atom. The molecule has 6 heteroatoms. The maximum Gasteiger partial charge on any atom is 0.139 e. The van der Waals surface area contributed by atoms with Crippen LogP contribution in [0.2, 0.25) is 0 Å². The highest BCUT2D eigenvalue weighted by molar-refractivity contribution is 5.86. The Hall–Kier alpha value is -1.63. The smallest absolute Gasteiger partial charge is 0.139 e. The van der Waals surface area contributed by atoms with Crippen molar-refractivity contribution < 1.29 is 18.3 Å². The van der Waals surface area contributed by atoms with Crippen LogP contribution in [0.5, 0.6) is 0 Å². The second-order valence-corrected chi connectivity index (χ2v) is 8.87. The first-order valence-corrected chi connectivity index (χ1v) is 10.3. The minimum atomic E-state index is -0.616. The fourth-order valence-corrected chi connectivity index (χ4v) is 5.17. The summed E-state index contributed by atoms with van der Waals surface area (Å²) >= 11 is 0. The molecule has 2 aliphatic heterocycles. The van der Waals surface area contributed by atoms with Crippen molar-refractivity contribution in [2.45, 2.75) is 50.3 Å². The van der Waals surface area contributed by atoms with E-state index in [1.54, 1.807) is 0 Å². The van der Waals surface area contributed by atoms with Crippen molar-refractivity contribution >= 4 is 5.78 Å². The number of ether oxygens (including phenoxy) is 1. The Balaban J connectivity index is 1.19. The zero-order chi connectivity index (χ0) is 19.4. The molecule has 4 nitrogen and oxygen atoms in total. The third-order valence-electron chi connectivity index (χ3n) is 6.84. The molecule has 2 aliphatic carbocycles. The third-order valence-corrected chi connectivity index (χ3v) is 6.84. The van der Waals surface area contributed by atoms with Gasteiger partial charge in [0, 0.05) is 42.6 Å². The zero-order valence-corrected chi connectivity index (χ0v) is 15.9. The van der Waals surface area contributed by atoms with Crippen molar-refractivity contribution in [2.75, 3.05) is 19.7 Å². The van der Waals surface area contributed by atoms with Crippen molar-refractivity contribution in [3.8, 4) is 0 Å². The summed E-state index contributed by atoms with van der Waals surface area (Å²) in [6, 6.07) is 3.21. The lowest BCUT2D eigenvalue weighted by atomic mass is 9.92. The van der Waals surface area contributed by atoms with Crippen LogP contribution in [0, 0.1) is 23.5 Å². The van der Waals surface area contributed by atoms with Gasteiger partial charge < -0.3 is 10.5 Å². The fraction of sp³-hybridized carbons (Fsp3) is 0.591. The quantitative estimate of drug-likeness (QED) is 0.806. The van der Waals surface area contributed by atoms with Crippen LogP contribution in [0.4, 0.5) is 8.78 Å². The first-order chi connectivity index (χ1) is 13.5. The number of likely N-dealkylation sites (tertiary alicyclic amines) is 1. The molecule has 1 saturated carbocycles. The van der Waals surface area contributed by atoms with E-state index in [4.69, 9.17) is 10.5 Å². The van der Waals surface area contributed by atoms with Crippen LogP contribution in [-0.2, 0) is 9.53 Å². The average molecular weight is 388 g/mol. The predicted octanol–water partition coefficient (Wildman–Crippen LogP) is 3.12. The molecule has 3 atom stereocenters.